The highest BCUT2D eigenvalue weighted by Crippen LogP contribution is 2.27. The molecule has 3 rings (SSSR count). The topological polar surface area (TPSA) is 69.6 Å². The van der Waals surface area contributed by atoms with Crippen molar-refractivity contribution in [1.29, 1.82) is 0 Å². The van der Waals surface area contributed by atoms with Gasteiger partial charge < -0.3 is 14.9 Å². The number of carbonyl (C=O) groups is 1. The van der Waals surface area contributed by atoms with Crippen molar-refractivity contribution in [1.82, 2.24) is 14.9 Å². The number of aromatic carboxylic acids is 1. The Bertz CT molecular complexity index is 702. The Morgan fingerprint density at radius 1 is 1.30 bits per heavy atom. The Labute approximate surface area is 141 Å². The summed E-state index contributed by atoms with van der Waals surface area (Å²) < 4.78 is 0. The summed E-state index contributed by atoms with van der Waals surface area (Å²) in [5.41, 5.74) is 0.920. The van der Waals surface area contributed by atoms with Crippen LogP contribution in [0.5, 0.6) is 0 Å². The lowest BCUT2D eigenvalue weighted by molar-refractivity contribution is 0.0697. The van der Waals surface area contributed by atoms with Crippen molar-refractivity contribution in [2.24, 2.45) is 0 Å². The SMILES string of the molecule is CN1CCC(N(C)c2ncnc3cc(C(=O)O)ccc23)CC1.Cl. The maximum absolute atomic E-state index is 11.1. The van der Waals surface area contributed by atoms with Crippen molar-refractivity contribution < 1.29 is 9.90 Å². The highest BCUT2D eigenvalue weighted by molar-refractivity contribution is 5.96. The molecule has 2 heterocycles. The first kappa shape index (κ1) is 17.4. The van der Waals surface area contributed by atoms with Crippen LogP contribution in [-0.4, -0.2) is 59.2 Å². The third kappa shape index (κ3) is 3.54. The molecule has 7 heteroatoms. The Hall–Kier alpha value is -1.92. The lowest BCUT2D eigenvalue weighted by Gasteiger charge is -2.36. The first-order valence-electron chi connectivity index (χ1n) is 7.45. The van der Waals surface area contributed by atoms with Gasteiger partial charge in [0.05, 0.1) is 11.1 Å². The Morgan fingerprint density at radius 3 is 2.65 bits per heavy atom. The normalized spacial score (nSPS) is 16.1. The van der Waals surface area contributed by atoms with Gasteiger partial charge >= 0.3 is 5.97 Å². The molecular weight excluding hydrogens is 316 g/mol. The van der Waals surface area contributed by atoms with Gasteiger partial charge in [-0.05, 0) is 51.2 Å². The first-order chi connectivity index (χ1) is 10.6. The summed E-state index contributed by atoms with van der Waals surface area (Å²) >= 11 is 0. The van der Waals surface area contributed by atoms with E-state index in [1.54, 1.807) is 18.2 Å². The zero-order valence-electron chi connectivity index (χ0n) is 13.3. The molecule has 0 atom stereocenters. The first-order valence-corrected chi connectivity index (χ1v) is 7.45. The molecule has 1 N–H and O–H groups in total. The van der Waals surface area contributed by atoms with Gasteiger partial charge in [0.1, 0.15) is 12.1 Å². The fraction of sp³-hybridized carbons (Fsp3) is 0.438. The molecule has 0 radical (unpaired) electrons. The van der Waals surface area contributed by atoms with E-state index >= 15 is 0 Å². The summed E-state index contributed by atoms with van der Waals surface area (Å²) in [5, 5.41) is 9.99. The van der Waals surface area contributed by atoms with Crippen molar-refractivity contribution in [2.45, 2.75) is 18.9 Å². The maximum Gasteiger partial charge on any atom is 0.335 e. The molecule has 0 saturated carbocycles. The molecule has 1 saturated heterocycles. The summed E-state index contributed by atoms with van der Waals surface area (Å²) in [4.78, 5) is 24.3. The molecule has 0 amide bonds. The number of halogens is 1. The molecule has 1 aromatic heterocycles. The molecule has 0 unspecified atom stereocenters. The fourth-order valence-electron chi connectivity index (χ4n) is 3.01. The molecule has 23 heavy (non-hydrogen) atoms. The average Bonchev–Trinajstić information content (AvgIpc) is 2.53. The van der Waals surface area contributed by atoms with Gasteiger partial charge in [0.25, 0.3) is 0 Å². The molecule has 1 aliphatic heterocycles. The second kappa shape index (κ2) is 7.10. The number of rotatable bonds is 3. The number of likely N-dealkylation sites (tertiary alicyclic amines) is 1. The highest BCUT2D eigenvalue weighted by Gasteiger charge is 2.23. The lowest BCUT2D eigenvalue weighted by atomic mass is 10.0. The third-order valence-electron chi connectivity index (χ3n) is 4.43. The van der Waals surface area contributed by atoms with Crippen molar-refractivity contribution in [2.75, 3.05) is 32.1 Å². The zero-order valence-corrected chi connectivity index (χ0v) is 14.1. The minimum Gasteiger partial charge on any atom is -0.478 e. The van der Waals surface area contributed by atoms with E-state index in [0.29, 0.717) is 11.6 Å². The van der Waals surface area contributed by atoms with E-state index in [9.17, 15) is 4.79 Å². The van der Waals surface area contributed by atoms with E-state index in [4.69, 9.17) is 5.11 Å². The number of carboxylic acids is 1. The predicted octanol–water partition coefficient (Wildman–Crippen LogP) is 2.28. The van der Waals surface area contributed by atoms with Crippen LogP contribution in [0.2, 0.25) is 0 Å². The van der Waals surface area contributed by atoms with Gasteiger partial charge in [-0.1, -0.05) is 0 Å². The number of hydrogen-bond acceptors (Lipinski definition) is 5. The Kier molecular flexibility index (Phi) is 5.38. The molecule has 0 bridgehead atoms. The monoisotopic (exact) mass is 336 g/mol. The summed E-state index contributed by atoms with van der Waals surface area (Å²) in [5.74, 6) is -0.0674. The smallest absolute Gasteiger partial charge is 0.335 e. The summed E-state index contributed by atoms with van der Waals surface area (Å²) in [6.07, 6.45) is 3.71. The predicted molar refractivity (Wildman–Crippen MR) is 92.7 cm³/mol. The van der Waals surface area contributed by atoms with Gasteiger partial charge in [-0.3, -0.25) is 0 Å². The van der Waals surface area contributed by atoms with Crippen LogP contribution < -0.4 is 4.90 Å². The van der Waals surface area contributed by atoms with E-state index in [1.807, 2.05) is 0 Å². The molecule has 6 nitrogen and oxygen atoms in total. The van der Waals surface area contributed by atoms with Crippen LogP contribution in [0, 0.1) is 0 Å². The lowest BCUT2D eigenvalue weighted by Crippen LogP contribution is -2.42. The highest BCUT2D eigenvalue weighted by atomic mass is 35.5. The van der Waals surface area contributed by atoms with Crippen LogP contribution in [0.1, 0.15) is 23.2 Å². The minimum absolute atomic E-state index is 0. The van der Waals surface area contributed by atoms with E-state index in [-0.39, 0.29) is 18.0 Å². The van der Waals surface area contributed by atoms with Crippen LogP contribution in [0.25, 0.3) is 10.9 Å². The van der Waals surface area contributed by atoms with Crippen molar-refractivity contribution in [3.8, 4) is 0 Å². The standard InChI is InChI=1S/C16H20N4O2.ClH/c1-19-7-5-12(6-8-19)20(2)15-13-4-3-11(16(21)22)9-14(13)17-10-18-15;/h3-4,9-10,12H,5-8H2,1-2H3,(H,21,22);1H. The number of carboxylic acid groups (broad SMARTS) is 1. The van der Waals surface area contributed by atoms with Crippen LogP contribution >= 0.6 is 12.4 Å². The summed E-state index contributed by atoms with van der Waals surface area (Å²) in [6, 6.07) is 5.47. The summed E-state index contributed by atoms with van der Waals surface area (Å²) in [7, 11) is 4.20. The summed E-state index contributed by atoms with van der Waals surface area (Å²) in [6.45, 7) is 2.17. The zero-order chi connectivity index (χ0) is 15.7. The quantitative estimate of drug-likeness (QED) is 0.927. The minimum atomic E-state index is -0.939. The van der Waals surface area contributed by atoms with Gasteiger partial charge in [-0.2, -0.15) is 0 Å². The second-order valence-corrected chi connectivity index (χ2v) is 5.88. The number of fused-ring (bicyclic) bond motifs is 1. The van der Waals surface area contributed by atoms with Crippen molar-refractivity contribution >= 4 is 35.1 Å². The molecule has 124 valence electrons. The average molecular weight is 337 g/mol. The fourth-order valence-corrected chi connectivity index (χ4v) is 3.01. The molecular formula is C16H21ClN4O2. The van der Waals surface area contributed by atoms with E-state index < -0.39 is 5.97 Å². The second-order valence-electron chi connectivity index (χ2n) is 5.88. The number of anilines is 1. The molecule has 1 aromatic carbocycles. The molecule has 0 spiro atoms. The van der Waals surface area contributed by atoms with Gasteiger partial charge in [0.15, 0.2) is 0 Å². The largest absolute Gasteiger partial charge is 0.478 e. The Morgan fingerprint density at radius 2 is 2.00 bits per heavy atom. The van der Waals surface area contributed by atoms with Crippen molar-refractivity contribution in [3.63, 3.8) is 0 Å². The van der Waals surface area contributed by atoms with Crippen molar-refractivity contribution in [3.05, 3.63) is 30.1 Å². The number of aromatic nitrogens is 2. The molecule has 0 aliphatic carbocycles. The van der Waals surface area contributed by atoms with Crippen LogP contribution in [0.3, 0.4) is 0 Å². The van der Waals surface area contributed by atoms with Gasteiger partial charge in [0, 0.05) is 18.5 Å². The van der Waals surface area contributed by atoms with Crippen LogP contribution in [0.4, 0.5) is 5.82 Å². The number of piperidine rings is 1. The van der Waals surface area contributed by atoms with Crippen LogP contribution in [-0.2, 0) is 0 Å². The molecule has 1 fully saturated rings. The Balaban J connectivity index is 0.00000192. The van der Waals surface area contributed by atoms with Gasteiger partial charge in [-0.15, -0.1) is 12.4 Å². The van der Waals surface area contributed by atoms with Gasteiger partial charge in [0.2, 0.25) is 0 Å². The number of benzene rings is 1. The maximum atomic E-state index is 11.1. The van der Waals surface area contributed by atoms with E-state index in [2.05, 4.69) is 33.9 Å². The molecule has 1 aliphatic rings. The molecule has 2 aromatic rings. The number of hydrogen-bond donors (Lipinski definition) is 1. The number of nitrogens with zero attached hydrogens (tertiary/aromatic N) is 4. The van der Waals surface area contributed by atoms with Crippen LogP contribution in [0.15, 0.2) is 24.5 Å². The van der Waals surface area contributed by atoms with E-state index in [0.717, 1.165) is 37.1 Å². The third-order valence-corrected chi connectivity index (χ3v) is 4.43. The van der Waals surface area contributed by atoms with E-state index in [1.165, 1.54) is 6.33 Å². The van der Waals surface area contributed by atoms with Gasteiger partial charge in [-0.25, -0.2) is 14.8 Å².